The topological polar surface area (TPSA) is 28.2 Å². The van der Waals surface area contributed by atoms with Gasteiger partial charge in [-0.25, -0.2) is 4.98 Å². The highest BCUT2D eigenvalue weighted by Crippen LogP contribution is 2.33. The van der Waals surface area contributed by atoms with Crippen LogP contribution in [0, 0.1) is 6.92 Å². The molecule has 1 aliphatic heterocycles. The monoisotopic (exact) mass is 307 g/mol. The molecule has 5 heteroatoms. The number of hydrogen-bond acceptors (Lipinski definition) is 5. The molecule has 0 saturated carbocycles. The van der Waals surface area contributed by atoms with Crippen molar-refractivity contribution in [3.63, 3.8) is 0 Å². The summed E-state index contributed by atoms with van der Waals surface area (Å²) in [6.45, 7) is 8.87. The normalized spacial score (nSPS) is 18.3. The van der Waals surface area contributed by atoms with Gasteiger partial charge in [-0.15, -0.1) is 22.7 Å². The summed E-state index contributed by atoms with van der Waals surface area (Å²) in [6, 6.07) is 4.84. The van der Waals surface area contributed by atoms with Crippen LogP contribution in [0.2, 0.25) is 0 Å². The summed E-state index contributed by atoms with van der Waals surface area (Å²) < 4.78 is 0. The van der Waals surface area contributed by atoms with Gasteiger partial charge in [0.15, 0.2) is 0 Å². The van der Waals surface area contributed by atoms with Crippen molar-refractivity contribution in [1.82, 2.24) is 15.2 Å². The zero-order valence-corrected chi connectivity index (χ0v) is 13.7. The van der Waals surface area contributed by atoms with Gasteiger partial charge in [-0.2, -0.15) is 0 Å². The Morgan fingerprint density at radius 3 is 2.80 bits per heavy atom. The molecule has 2 aromatic heterocycles. The number of rotatable bonds is 4. The maximum absolute atomic E-state index is 4.91. The van der Waals surface area contributed by atoms with Crippen LogP contribution in [0.15, 0.2) is 17.5 Å². The van der Waals surface area contributed by atoms with Gasteiger partial charge >= 0.3 is 0 Å². The van der Waals surface area contributed by atoms with E-state index in [1.54, 1.807) is 0 Å². The van der Waals surface area contributed by atoms with Crippen LogP contribution < -0.4 is 5.32 Å². The summed E-state index contributed by atoms with van der Waals surface area (Å²) in [5.41, 5.74) is 1.15. The molecule has 1 N–H and O–H groups in total. The standard InChI is InChI=1S/C15H21N3S2/c1-3-13(18-8-6-16-7-9-18)15-17-12(10-19-15)14-5-4-11(2)20-14/h4-5,10,13,16H,3,6-9H2,1-2H3. The second kappa shape index (κ2) is 6.35. The van der Waals surface area contributed by atoms with E-state index in [9.17, 15) is 0 Å². The van der Waals surface area contributed by atoms with Crippen LogP contribution >= 0.6 is 22.7 Å². The predicted octanol–water partition coefficient (Wildman–Crippen LogP) is 3.54. The SMILES string of the molecule is CCC(c1nc(-c2ccc(C)s2)cs1)N1CCNCC1. The molecule has 0 amide bonds. The first-order valence-electron chi connectivity index (χ1n) is 7.25. The van der Waals surface area contributed by atoms with Gasteiger partial charge < -0.3 is 5.32 Å². The third kappa shape index (κ3) is 2.96. The fourth-order valence-corrected chi connectivity index (χ4v) is 4.65. The first kappa shape index (κ1) is 14.2. The minimum absolute atomic E-state index is 0.483. The Hall–Kier alpha value is -0.750. The number of thiophene rings is 1. The van der Waals surface area contributed by atoms with Gasteiger partial charge in [0, 0.05) is 36.4 Å². The second-order valence-corrected chi connectivity index (χ2v) is 7.37. The van der Waals surface area contributed by atoms with Gasteiger partial charge in [-0.1, -0.05) is 6.92 Å². The minimum Gasteiger partial charge on any atom is -0.314 e. The van der Waals surface area contributed by atoms with Crippen molar-refractivity contribution in [2.75, 3.05) is 26.2 Å². The van der Waals surface area contributed by atoms with Crippen molar-refractivity contribution in [2.24, 2.45) is 0 Å². The molecule has 0 radical (unpaired) electrons. The molecule has 108 valence electrons. The molecular formula is C15H21N3S2. The number of nitrogens with one attached hydrogen (secondary N) is 1. The number of piperazine rings is 1. The van der Waals surface area contributed by atoms with Gasteiger partial charge in [-0.05, 0) is 25.5 Å². The molecule has 1 unspecified atom stereocenters. The average molecular weight is 307 g/mol. The Bertz CT molecular complexity index is 555. The molecule has 0 bridgehead atoms. The Morgan fingerprint density at radius 1 is 1.35 bits per heavy atom. The van der Waals surface area contributed by atoms with E-state index in [0.29, 0.717) is 6.04 Å². The maximum atomic E-state index is 4.91. The van der Waals surface area contributed by atoms with Crippen LogP contribution in [-0.4, -0.2) is 36.1 Å². The van der Waals surface area contributed by atoms with E-state index >= 15 is 0 Å². The number of thiazole rings is 1. The molecule has 3 nitrogen and oxygen atoms in total. The zero-order valence-electron chi connectivity index (χ0n) is 12.1. The van der Waals surface area contributed by atoms with E-state index in [4.69, 9.17) is 4.98 Å². The lowest BCUT2D eigenvalue weighted by Gasteiger charge is -2.33. The smallest absolute Gasteiger partial charge is 0.110 e. The van der Waals surface area contributed by atoms with Crippen molar-refractivity contribution in [3.8, 4) is 10.6 Å². The number of nitrogens with zero attached hydrogens (tertiary/aromatic N) is 2. The van der Waals surface area contributed by atoms with E-state index in [2.05, 4.69) is 41.6 Å². The van der Waals surface area contributed by atoms with Crippen molar-refractivity contribution in [2.45, 2.75) is 26.3 Å². The summed E-state index contributed by atoms with van der Waals surface area (Å²) in [5, 5.41) is 6.91. The maximum Gasteiger partial charge on any atom is 0.110 e. The van der Waals surface area contributed by atoms with Crippen molar-refractivity contribution >= 4 is 22.7 Å². The van der Waals surface area contributed by atoms with Crippen molar-refractivity contribution < 1.29 is 0 Å². The summed E-state index contributed by atoms with van der Waals surface area (Å²) in [5.74, 6) is 0. The highest BCUT2D eigenvalue weighted by Gasteiger charge is 2.23. The lowest BCUT2D eigenvalue weighted by molar-refractivity contribution is 0.169. The van der Waals surface area contributed by atoms with Gasteiger partial charge in [-0.3, -0.25) is 4.90 Å². The Balaban J connectivity index is 1.80. The van der Waals surface area contributed by atoms with Gasteiger partial charge in [0.2, 0.25) is 0 Å². The first-order valence-corrected chi connectivity index (χ1v) is 8.94. The lowest BCUT2D eigenvalue weighted by Crippen LogP contribution is -2.45. The van der Waals surface area contributed by atoms with E-state index in [0.717, 1.165) is 38.3 Å². The van der Waals surface area contributed by atoms with Crippen LogP contribution in [0.3, 0.4) is 0 Å². The molecule has 0 aliphatic carbocycles. The predicted molar refractivity (Wildman–Crippen MR) is 87.6 cm³/mol. The second-order valence-electron chi connectivity index (χ2n) is 5.19. The average Bonchev–Trinajstić information content (AvgIpc) is 3.10. The third-order valence-corrected chi connectivity index (χ3v) is 5.75. The molecule has 0 aromatic carbocycles. The van der Waals surface area contributed by atoms with Gasteiger partial charge in [0.05, 0.1) is 16.6 Å². The lowest BCUT2D eigenvalue weighted by atomic mass is 10.2. The zero-order chi connectivity index (χ0) is 13.9. The summed E-state index contributed by atoms with van der Waals surface area (Å²) in [7, 11) is 0. The van der Waals surface area contributed by atoms with E-state index < -0.39 is 0 Å². The molecule has 0 spiro atoms. The van der Waals surface area contributed by atoms with Gasteiger partial charge in [0.1, 0.15) is 5.01 Å². The van der Waals surface area contributed by atoms with Crippen molar-refractivity contribution in [3.05, 3.63) is 27.4 Å². The highest BCUT2D eigenvalue weighted by molar-refractivity contribution is 7.16. The summed E-state index contributed by atoms with van der Waals surface area (Å²) in [6.07, 6.45) is 1.14. The number of aryl methyl sites for hydroxylation is 1. The Morgan fingerprint density at radius 2 is 2.15 bits per heavy atom. The van der Waals surface area contributed by atoms with E-state index in [1.807, 2.05) is 22.7 Å². The van der Waals surface area contributed by atoms with Crippen LogP contribution in [0.25, 0.3) is 10.6 Å². The third-order valence-electron chi connectivity index (χ3n) is 3.78. The molecule has 2 aromatic rings. The van der Waals surface area contributed by atoms with Crippen molar-refractivity contribution in [1.29, 1.82) is 0 Å². The number of hydrogen-bond donors (Lipinski definition) is 1. The molecule has 20 heavy (non-hydrogen) atoms. The Labute approximate surface area is 128 Å². The van der Waals surface area contributed by atoms with E-state index in [-0.39, 0.29) is 0 Å². The Kier molecular flexibility index (Phi) is 4.51. The first-order chi connectivity index (χ1) is 9.78. The molecular weight excluding hydrogens is 286 g/mol. The summed E-state index contributed by atoms with van der Waals surface area (Å²) in [4.78, 5) is 10.1. The summed E-state index contributed by atoms with van der Waals surface area (Å²) >= 11 is 3.64. The van der Waals surface area contributed by atoms with Gasteiger partial charge in [0.25, 0.3) is 0 Å². The fourth-order valence-electron chi connectivity index (χ4n) is 2.71. The molecule has 1 fully saturated rings. The van der Waals surface area contributed by atoms with E-state index in [1.165, 1.54) is 14.8 Å². The largest absolute Gasteiger partial charge is 0.314 e. The fraction of sp³-hybridized carbons (Fsp3) is 0.533. The minimum atomic E-state index is 0.483. The quantitative estimate of drug-likeness (QED) is 0.936. The van der Waals surface area contributed by atoms with Crippen LogP contribution in [0.1, 0.15) is 29.3 Å². The number of aromatic nitrogens is 1. The molecule has 1 aliphatic rings. The molecule has 3 rings (SSSR count). The highest BCUT2D eigenvalue weighted by atomic mass is 32.1. The molecule has 1 atom stereocenters. The van der Waals surface area contributed by atoms with Crippen LogP contribution in [0.4, 0.5) is 0 Å². The van der Waals surface area contributed by atoms with Crippen LogP contribution in [-0.2, 0) is 0 Å². The molecule has 1 saturated heterocycles. The van der Waals surface area contributed by atoms with Crippen LogP contribution in [0.5, 0.6) is 0 Å². The molecule has 3 heterocycles.